The van der Waals surface area contributed by atoms with Gasteiger partial charge >= 0.3 is 0 Å². The Morgan fingerprint density at radius 1 is 1.32 bits per heavy atom. The molecule has 3 rings (SSSR count). The van der Waals surface area contributed by atoms with Crippen LogP contribution >= 0.6 is 0 Å². The van der Waals surface area contributed by atoms with Gasteiger partial charge in [0.2, 0.25) is 0 Å². The highest BCUT2D eigenvalue weighted by Crippen LogP contribution is 2.35. The van der Waals surface area contributed by atoms with Crippen molar-refractivity contribution in [3.63, 3.8) is 0 Å². The van der Waals surface area contributed by atoms with Gasteiger partial charge in [0.05, 0.1) is 23.0 Å². The highest BCUT2D eigenvalue weighted by molar-refractivity contribution is 5.68. The van der Waals surface area contributed by atoms with Gasteiger partial charge in [-0.2, -0.15) is 5.26 Å². The van der Waals surface area contributed by atoms with E-state index in [0.29, 0.717) is 5.69 Å². The zero-order chi connectivity index (χ0) is 18.0. The van der Waals surface area contributed by atoms with Crippen molar-refractivity contribution in [2.45, 2.75) is 20.0 Å². The summed E-state index contributed by atoms with van der Waals surface area (Å²) in [7, 11) is 0. The first-order valence-electron chi connectivity index (χ1n) is 8.18. The van der Waals surface area contributed by atoms with Crippen LogP contribution in [-0.2, 0) is 0 Å². The lowest BCUT2D eigenvalue weighted by molar-refractivity contribution is 0.210. The van der Waals surface area contributed by atoms with E-state index in [9.17, 15) is 9.50 Å². The normalized spacial score (nSPS) is 17.5. The molecular weight excluding hydrogens is 317 g/mol. The van der Waals surface area contributed by atoms with Crippen LogP contribution in [0, 0.1) is 22.6 Å². The number of nitrogens with zero attached hydrogens (tertiary/aromatic N) is 2. The smallest absolute Gasteiger partial charge is 0.130 e. The van der Waals surface area contributed by atoms with Gasteiger partial charge < -0.3 is 10.4 Å². The van der Waals surface area contributed by atoms with Gasteiger partial charge in [0.15, 0.2) is 0 Å². The second-order valence-corrected chi connectivity index (χ2v) is 6.83. The van der Waals surface area contributed by atoms with Crippen LogP contribution in [0.1, 0.15) is 42.5 Å². The Balaban J connectivity index is 1.97. The predicted molar refractivity (Wildman–Crippen MR) is 94.0 cm³/mol. The fraction of sp³-hybridized carbons (Fsp3) is 0.300. The van der Waals surface area contributed by atoms with E-state index in [2.05, 4.69) is 30.2 Å². The van der Waals surface area contributed by atoms with Crippen LogP contribution in [0.5, 0.6) is 0 Å². The van der Waals surface area contributed by atoms with Gasteiger partial charge in [0.25, 0.3) is 0 Å². The van der Waals surface area contributed by atoms with Crippen molar-refractivity contribution in [1.82, 2.24) is 10.3 Å². The zero-order valence-corrected chi connectivity index (χ0v) is 14.3. The van der Waals surface area contributed by atoms with Gasteiger partial charge in [-0.3, -0.25) is 4.98 Å². The predicted octanol–water partition coefficient (Wildman–Crippen LogP) is 3.19. The number of aliphatic hydroxyl groups is 1. The van der Waals surface area contributed by atoms with Gasteiger partial charge in [0.1, 0.15) is 11.9 Å². The van der Waals surface area contributed by atoms with Gasteiger partial charge in [0, 0.05) is 24.1 Å². The molecular formula is C20H20FN3O. The number of nitrogens with one attached hydrogen (secondary N) is 1. The first-order chi connectivity index (χ1) is 11.9. The Bertz CT molecular complexity index is 867. The SMILES string of the molecule is CC1(C)CNCC=C1c1cccc(C(O)c2ccc(C#N)cc2F)n1. The Morgan fingerprint density at radius 2 is 2.12 bits per heavy atom. The number of aliphatic hydroxyl groups excluding tert-OH is 1. The van der Waals surface area contributed by atoms with Crippen LogP contribution in [0.3, 0.4) is 0 Å². The molecule has 2 aromatic rings. The molecule has 0 bridgehead atoms. The molecule has 1 atom stereocenters. The maximum atomic E-state index is 14.2. The molecule has 1 aliphatic rings. The molecule has 1 unspecified atom stereocenters. The number of nitriles is 1. The summed E-state index contributed by atoms with van der Waals surface area (Å²) in [6, 6.07) is 11.3. The zero-order valence-electron chi connectivity index (χ0n) is 14.3. The van der Waals surface area contributed by atoms with Crippen molar-refractivity contribution in [2.75, 3.05) is 13.1 Å². The van der Waals surface area contributed by atoms with Gasteiger partial charge in [-0.25, -0.2) is 4.39 Å². The van der Waals surface area contributed by atoms with Crippen LogP contribution in [0.15, 0.2) is 42.5 Å². The maximum absolute atomic E-state index is 14.2. The monoisotopic (exact) mass is 337 g/mol. The Labute approximate surface area is 146 Å². The van der Waals surface area contributed by atoms with Crippen LogP contribution in [0.25, 0.3) is 5.57 Å². The van der Waals surface area contributed by atoms with E-state index in [1.165, 1.54) is 12.1 Å². The topological polar surface area (TPSA) is 68.9 Å². The summed E-state index contributed by atoms with van der Waals surface area (Å²) in [5, 5.41) is 22.7. The largest absolute Gasteiger partial charge is 0.382 e. The van der Waals surface area contributed by atoms with Crippen molar-refractivity contribution in [3.05, 3.63) is 70.8 Å². The molecule has 128 valence electrons. The average Bonchev–Trinajstić information content (AvgIpc) is 2.60. The number of pyridine rings is 1. The third kappa shape index (κ3) is 3.46. The van der Waals surface area contributed by atoms with Crippen molar-refractivity contribution < 1.29 is 9.50 Å². The van der Waals surface area contributed by atoms with Crippen LogP contribution in [-0.4, -0.2) is 23.2 Å². The molecule has 0 aliphatic carbocycles. The lowest BCUT2D eigenvalue weighted by atomic mass is 9.80. The maximum Gasteiger partial charge on any atom is 0.130 e. The number of hydrogen-bond acceptors (Lipinski definition) is 4. The number of aromatic nitrogens is 1. The summed E-state index contributed by atoms with van der Waals surface area (Å²) in [4.78, 5) is 4.57. The fourth-order valence-electron chi connectivity index (χ4n) is 3.11. The van der Waals surface area contributed by atoms with Crippen LogP contribution < -0.4 is 5.32 Å². The number of hydrogen-bond donors (Lipinski definition) is 2. The van der Waals surface area contributed by atoms with Crippen molar-refractivity contribution in [1.29, 1.82) is 5.26 Å². The summed E-state index contributed by atoms with van der Waals surface area (Å²) in [5.41, 5.74) is 2.54. The number of rotatable bonds is 3. The number of benzene rings is 1. The van der Waals surface area contributed by atoms with Gasteiger partial charge in [-0.05, 0) is 29.8 Å². The molecule has 1 aliphatic heterocycles. The summed E-state index contributed by atoms with van der Waals surface area (Å²) < 4.78 is 14.2. The van der Waals surface area contributed by atoms with Crippen molar-refractivity contribution in [2.24, 2.45) is 5.41 Å². The minimum absolute atomic E-state index is 0.0749. The molecule has 0 amide bonds. The molecule has 0 spiro atoms. The minimum atomic E-state index is -1.18. The van der Waals surface area contributed by atoms with Crippen LogP contribution in [0.2, 0.25) is 0 Å². The summed E-state index contributed by atoms with van der Waals surface area (Å²) in [6.45, 7) is 5.89. The highest BCUT2D eigenvalue weighted by atomic mass is 19.1. The molecule has 2 N–H and O–H groups in total. The molecule has 4 nitrogen and oxygen atoms in total. The van der Waals surface area contributed by atoms with E-state index in [1.807, 2.05) is 18.2 Å². The second kappa shape index (κ2) is 6.75. The second-order valence-electron chi connectivity index (χ2n) is 6.83. The van der Waals surface area contributed by atoms with Gasteiger partial charge in [-0.15, -0.1) is 0 Å². The lowest BCUT2D eigenvalue weighted by Crippen LogP contribution is -2.35. The van der Waals surface area contributed by atoms with E-state index in [0.717, 1.165) is 30.4 Å². The first kappa shape index (κ1) is 17.3. The summed E-state index contributed by atoms with van der Waals surface area (Å²) in [6.07, 6.45) is 0.919. The highest BCUT2D eigenvalue weighted by Gasteiger charge is 2.28. The first-order valence-corrected chi connectivity index (χ1v) is 8.18. The summed E-state index contributed by atoms with van der Waals surface area (Å²) >= 11 is 0. The van der Waals surface area contributed by atoms with E-state index in [1.54, 1.807) is 6.07 Å². The average molecular weight is 337 g/mol. The Hall–Kier alpha value is -2.55. The van der Waals surface area contributed by atoms with E-state index >= 15 is 0 Å². The molecule has 5 heteroatoms. The van der Waals surface area contributed by atoms with E-state index in [-0.39, 0.29) is 16.5 Å². The fourth-order valence-corrected chi connectivity index (χ4v) is 3.11. The molecule has 1 aromatic heterocycles. The van der Waals surface area contributed by atoms with Crippen molar-refractivity contribution >= 4 is 5.57 Å². The standard InChI is InChI=1S/C20H20FN3O/c1-20(2)12-23-9-8-15(20)17-4-3-5-18(24-17)19(25)14-7-6-13(11-22)10-16(14)21/h3-8,10,19,23,25H,9,12H2,1-2H3. The Kier molecular flexibility index (Phi) is 4.67. The Morgan fingerprint density at radius 3 is 2.80 bits per heavy atom. The molecule has 0 radical (unpaired) electrons. The molecule has 0 fully saturated rings. The third-order valence-electron chi connectivity index (χ3n) is 4.50. The summed E-state index contributed by atoms with van der Waals surface area (Å²) in [5.74, 6) is -0.611. The van der Waals surface area contributed by atoms with E-state index < -0.39 is 11.9 Å². The molecule has 25 heavy (non-hydrogen) atoms. The third-order valence-corrected chi connectivity index (χ3v) is 4.50. The molecule has 1 aromatic carbocycles. The molecule has 2 heterocycles. The quantitative estimate of drug-likeness (QED) is 0.902. The van der Waals surface area contributed by atoms with E-state index in [4.69, 9.17) is 5.26 Å². The number of halogens is 1. The lowest BCUT2D eigenvalue weighted by Gasteiger charge is -2.32. The van der Waals surface area contributed by atoms with Gasteiger partial charge in [-0.1, -0.05) is 32.1 Å². The minimum Gasteiger partial charge on any atom is -0.382 e. The van der Waals surface area contributed by atoms with Crippen molar-refractivity contribution in [3.8, 4) is 6.07 Å². The van der Waals surface area contributed by atoms with Crippen LogP contribution in [0.4, 0.5) is 4.39 Å². The molecule has 0 saturated carbocycles. The molecule has 0 saturated heterocycles.